The summed E-state index contributed by atoms with van der Waals surface area (Å²) in [7, 11) is 0. The van der Waals surface area contributed by atoms with E-state index in [9.17, 15) is 39.9 Å². The van der Waals surface area contributed by atoms with E-state index in [4.69, 9.17) is 9.47 Å². The lowest BCUT2D eigenvalue weighted by molar-refractivity contribution is -0.307. The highest BCUT2D eigenvalue weighted by atomic mass is 16.7. The van der Waals surface area contributed by atoms with Crippen molar-refractivity contribution in [3.8, 4) is 5.75 Å². The van der Waals surface area contributed by atoms with Crippen molar-refractivity contribution < 1.29 is 39.8 Å². The van der Waals surface area contributed by atoms with E-state index < -0.39 is 54.2 Å². The van der Waals surface area contributed by atoms with Crippen LogP contribution in [0.4, 0.5) is 5.69 Å². The molecule has 3 aliphatic carbocycles. The summed E-state index contributed by atoms with van der Waals surface area (Å²) in [6, 6.07) is 10.7. The van der Waals surface area contributed by atoms with Crippen LogP contribution in [0, 0.1) is 17.3 Å². The molecular weight excluding hydrogens is 672 g/mol. The van der Waals surface area contributed by atoms with Gasteiger partial charge in [0.2, 0.25) is 0 Å². The SMILES string of the molecule is CCN(CCCCNC(=O)[C@H]1O[C@@H](O[C@H]2CC3C4CCc5cc(O)ccc5C4CC[C@]3(C)[C@H]2O)[C@H](O)[C@@H](O)[C@H]1O)c1ccc2c(=O)[nH][nH]c(=O)c2c1. The normalized spacial score (nSPS) is 34.0. The monoisotopic (exact) mass is 722 g/mol. The second-order valence-corrected chi connectivity index (χ2v) is 15.3. The highest BCUT2D eigenvalue weighted by molar-refractivity contribution is 5.84. The second-order valence-electron chi connectivity index (χ2n) is 15.3. The Hall–Kier alpha value is -3.79. The molecule has 0 spiro atoms. The molecule has 4 aliphatic rings. The Morgan fingerprint density at radius 3 is 2.54 bits per heavy atom. The fourth-order valence-corrected chi connectivity index (χ4v) is 9.58. The van der Waals surface area contributed by atoms with Crippen LogP contribution in [0.5, 0.6) is 5.75 Å². The number of nitrogens with zero attached hydrogens (tertiary/aromatic N) is 1. The smallest absolute Gasteiger partial charge is 0.270 e. The molecule has 282 valence electrons. The average molecular weight is 723 g/mol. The number of hydrogen-bond acceptors (Lipinski definition) is 11. The standard InChI is InChI=1S/C38H50N4O10/c1-3-42(20-7-10-25-26(17-20)35(49)41-40-34(25)48)15-5-4-14-39-36(50)32-30(45)29(44)31(46)37(52-32)51-28-18-27-24-9-6-19-16-21(43)8-11-22(19)23(24)12-13-38(27,2)33(28)47/h7-8,10-11,16-17,23-24,27-33,37,43-47H,3-6,9,12-15,18H2,1-2H3,(H,39,50)(H,40,48)(H,41,49)/t23?,24?,27?,28-,29-,30+,31+,32-,33-,37+,38-/m0/s1. The van der Waals surface area contributed by atoms with Gasteiger partial charge in [-0.05, 0) is 116 Å². The predicted octanol–water partition coefficient (Wildman–Crippen LogP) is 1.36. The van der Waals surface area contributed by atoms with Crippen LogP contribution < -0.4 is 21.3 Å². The Morgan fingerprint density at radius 1 is 1.00 bits per heavy atom. The van der Waals surface area contributed by atoms with Gasteiger partial charge in [0.05, 0.1) is 23.0 Å². The Balaban J connectivity index is 0.939. The summed E-state index contributed by atoms with van der Waals surface area (Å²) < 4.78 is 12.0. The zero-order valence-electron chi connectivity index (χ0n) is 29.5. The van der Waals surface area contributed by atoms with Gasteiger partial charge in [0.15, 0.2) is 12.4 Å². The third kappa shape index (κ3) is 6.54. The molecule has 1 saturated heterocycles. The van der Waals surface area contributed by atoms with Gasteiger partial charge in [-0.1, -0.05) is 13.0 Å². The van der Waals surface area contributed by atoms with Gasteiger partial charge in [0.1, 0.15) is 24.1 Å². The average Bonchev–Trinajstić information content (AvgIpc) is 3.39. The number of aliphatic hydroxyl groups is 4. The van der Waals surface area contributed by atoms with Gasteiger partial charge in [-0.2, -0.15) is 0 Å². The van der Waals surface area contributed by atoms with Crippen LogP contribution in [0.25, 0.3) is 10.8 Å². The number of benzene rings is 2. The molecule has 3 aromatic rings. The van der Waals surface area contributed by atoms with Crippen molar-refractivity contribution >= 4 is 22.4 Å². The van der Waals surface area contributed by atoms with E-state index in [2.05, 4.69) is 27.3 Å². The number of rotatable bonds is 10. The number of aromatic nitrogens is 2. The number of hydrogen-bond donors (Lipinski definition) is 8. The number of aliphatic hydroxyl groups excluding tert-OH is 4. The maximum atomic E-state index is 13.2. The summed E-state index contributed by atoms with van der Waals surface area (Å²) in [6.45, 7) is 5.59. The van der Waals surface area contributed by atoms with Crippen LogP contribution in [0.3, 0.4) is 0 Å². The van der Waals surface area contributed by atoms with E-state index in [1.807, 2.05) is 19.1 Å². The maximum absolute atomic E-state index is 13.2. The summed E-state index contributed by atoms with van der Waals surface area (Å²) in [5.74, 6) is 0.387. The Kier molecular flexibility index (Phi) is 10.2. The molecule has 0 bridgehead atoms. The molecule has 2 saturated carbocycles. The number of anilines is 1. The van der Waals surface area contributed by atoms with Crippen LogP contribution in [0.15, 0.2) is 46.0 Å². The first kappa shape index (κ1) is 36.6. The molecule has 14 heteroatoms. The third-order valence-electron chi connectivity index (χ3n) is 12.5. The van der Waals surface area contributed by atoms with Crippen molar-refractivity contribution in [3.05, 3.63) is 68.2 Å². The van der Waals surface area contributed by atoms with Crippen LogP contribution in [0.2, 0.25) is 0 Å². The first-order chi connectivity index (χ1) is 24.9. The number of carbonyl (C=O) groups excluding carboxylic acids is 1. The number of carbonyl (C=O) groups is 1. The van der Waals surface area contributed by atoms with Crippen molar-refractivity contribution in [1.29, 1.82) is 0 Å². The minimum absolute atomic E-state index is 0.139. The fourth-order valence-electron chi connectivity index (χ4n) is 9.58. The van der Waals surface area contributed by atoms with E-state index in [1.54, 1.807) is 24.3 Å². The molecule has 2 aromatic carbocycles. The van der Waals surface area contributed by atoms with Crippen molar-refractivity contribution in [2.45, 2.75) is 108 Å². The number of fused-ring (bicyclic) bond motifs is 6. The molecule has 8 N–H and O–H groups in total. The Labute approximate surface area is 300 Å². The van der Waals surface area contributed by atoms with Crippen LogP contribution in [-0.2, 0) is 20.7 Å². The molecule has 7 rings (SSSR count). The number of amides is 1. The first-order valence-corrected chi connectivity index (χ1v) is 18.5. The van der Waals surface area contributed by atoms with Gasteiger partial charge in [-0.3, -0.25) is 24.6 Å². The van der Waals surface area contributed by atoms with Gasteiger partial charge >= 0.3 is 0 Å². The Bertz CT molecular complexity index is 1900. The molecule has 1 amide bonds. The number of aromatic hydroxyl groups is 1. The molecule has 11 atom stereocenters. The highest BCUT2D eigenvalue weighted by Gasteiger charge is 2.59. The van der Waals surface area contributed by atoms with E-state index in [0.717, 1.165) is 31.4 Å². The zero-order chi connectivity index (χ0) is 36.9. The number of unbranched alkanes of at least 4 members (excludes halogenated alkanes) is 1. The lowest BCUT2D eigenvalue weighted by Gasteiger charge is -2.49. The minimum Gasteiger partial charge on any atom is -0.508 e. The number of H-pyrrole nitrogens is 2. The van der Waals surface area contributed by atoms with E-state index in [1.165, 1.54) is 11.1 Å². The van der Waals surface area contributed by atoms with Crippen molar-refractivity contribution in [2.24, 2.45) is 17.3 Å². The summed E-state index contributed by atoms with van der Waals surface area (Å²) in [4.78, 5) is 39.6. The third-order valence-corrected chi connectivity index (χ3v) is 12.5. The molecule has 1 aromatic heterocycles. The first-order valence-electron chi connectivity index (χ1n) is 18.5. The molecule has 2 heterocycles. The maximum Gasteiger partial charge on any atom is 0.270 e. The Morgan fingerprint density at radius 2 is 1.77 bits per heavy atom. The molecule has 3 unspecified atom stereocenters. The minimum atomic E-state index is -1.70. The predicted molar refractivity (Wildman–Crippen MR) is 191 cm³/mol. The number of nitrogens with one attached hydrogen (secondary N) is 3. The van der Waals surface area contributed by atoms with Gasteiger partial charge in [0, 0.05) is 25.3 Å². The second kappa shape index (κ2) is 14.6. The van der Waals surface area contributed by atoms with Gasteiger partial charge in [-0.15, -0.1) is 0 Å². The van der Waals surface area contributed by atoms with Gasteiger partial charge < -0.3 is 45.2 Å². The number of aromatic amines is 2. The van der Waals surface area contributed by atoms with Crippen LogP contribution in [0.1, 0.15) is 69.4 Å². The summed E-state index contributed by atoms with van der Waals surface area (Å²) in [5.41, 5.74) is 2.05. The van der Waals surface area contributed by atoms with E-state index in [0.29, 0.717) is 55.0 Å². The number of ether oxygens (including phenoxy) is 2. The quantitative estimate of drug-likeness (QED) is 0.140. The summed E-state index contributed by atoms with van der Waals surface area (Å²) >= 11 is 0. The van der Waals surface area contributed by atoms with Crippen LogP contribution in [-0.4, -0.2) is 104 Å². The highest BCUT2D eigenvalue weighted by Crippen LogP contribution is 2.61. The topological polar surface area (TPSA) is 218 Å². The molecule has 3 fully saturated rings. The van der Waals surface area contributed by atoms with E-state index >= 15 is 0 Å². The summed E-state index contributed by atoms with van der Waals surface area (Å²) in [5, 5.41) is 62.0. The summed E-state index contributed by atoms with van der Waals surface area (Å²) in [6.07, 6.45) is -4.29. The molecular formula is C38H50N4O10. The van der Waals surface area contributed by atoms with Gasteiger partial charge in [0.25, 0.3) is 17.0 Å². The van der Waals surface area contributed by atoms with E-state index in [-0.39, 0.29) is 29.3 Å². The fraction of sp³-hybridized carbons (Fsp3) is 0.605. The lowest BCUT2D eigenvalue weighted by Crippen LogP contribution is -2.62. The number of aryl methyl sites for hydroxylation is 1. The largest absolute Gasteiger partial charge is 0.508 e. The molecule has 14 nitrogen and oxygen atoms in total. The zero-order valence-corrected chi connectivity index (χ0v) is 29.5. The van der Waals surface area contributed by atoms with Crippen LogP contribution >= 0.6 is 0 Å². The van der Waals surface area contributed by atoms with Gasteiger partial charge in [-0.25, -0.2) is 0 Å². The van der Waals surface area contributed by atoms with Crippen molar-refractivity contribution in [2.75, 3.05) is 24.5 Å². The lowest BCUT2D eigenvalue weighted by atomic mass is 9.55. The van der Waals surface area contributed by atoms with Crippen molar-refractivity contribution in [1.82, 2.24) is 15.5 Å². The number of phenolic OH excluding ortho intramolecular Hbond substituents is 1. The molecule has 52 heavy (non-hydrogen) atoms. The van der Waals surface area contributed by atoms with Crippen molar-refractivity contribution in [3.63, 3.8) is 0 Å². The molecule has 1 aliphatic heterocycles. The molecule has 0 radical (unpaired) electrons. The number of phenols is 1.